The van der Waals surface area contributed by atoms with Crippen LogP contribution in [0.5, 0.6) is 0 Å². The molecule has 1 aromatic heterocycles. The zero-order valence-electron chi connectivity index (χ0n) is 20.0. The molecular weight excluding hydrogens is 519 g/mol. The first-order chi connectivity index (χ1) is 16.8. The van der Waals surface area contributed by atoms with Crippen LogP contribution in [0.3, 0.4) is 0 Å². The lowest BCUT2D eigenvalue weighted by molar-refractivity contribution is -0.194. The van der Waals surface area contributed by atoms with Crippen molar-refractivity contribution in [3.8, 4) is 0 Å². The Morgan fingerprint density at radius 3 is 2.42 bits per heavy atom. The second-order valence-electron chi connectivity index (χ2n) is 9.12. The van der Waals surface area contributed by atoms with E-state index in [9.17, 15) is 31.5 Å². The number of hydrogen-bond acceptors (Lipinski definition) is 5. The van der Waals surface area contributed by atoms with Gasteiger partial charge in [-0.25, -0.2) is 13.8 Å². The number of alkyl halides is 3. The molecule has 13 heteroatoms. The summed E-state index contributed by atoms with van der Waals surface area (Å²) in [5, 5.41) is 3.36. The SMILES string of the molecule is Cc1ncc([C@@H](CC(=O)NC[C@H]([Si]Cc2ccc(C(N)=O)c(F)c2F)N(C)C)C2(C(F)(F)F)CC2)s1. The molecule has 1 saturated carbocycles. The number of rotatable bonds is 11. The van der Waals surface area contributed by atoms with Crippen molar-refractivity contribution in [2.24, 2.45) is 11.1 Å². The fraction of sp³-hybridized carbons (Fsp3) is 0.522. The minimum atomic E-state index is -4.42. The maximum absolute atomic E-state index is 14.4. The molecule has 2 radical (unpaired) electrons. The molecule has 1 fully saturated rings. The minimum Gasteiger partial charge on any atom is -0.366 e. The Hall–Kier alpha value is -2.38. The van der Waals surface area contributed by atoms with Crippen molar-refractivity contribution < 1.29 is 31.5 Å². The first kappa shape index (κ1) is 28.2. The quantitative estimate of drug-likeness (QED) is 0.333. The van der Waals surface area contributed by atoms with E-state index in [1.165, 1.54) is 23.6 Å². The topological polar surface area (TPSA) is 88.3 Å². The number of nitrogens with zero attached hydrogens (tertiary/aromatic N) is 2. The van der Waals surface area contributed by atoms with Gasteiger partial charge >= 0.3 is 6.18 Å². The van der Waals surface area contributed by atoms with Crippen LogP contribution in [0, 0.1) is 24.0 Å². The molecule has 0 spiro atoms. The summed E-state index contributed by atoms with van der Waals surface area (Å²) in [6.07, 6.45) is -3.37. The number of halogens is 5. The molecule has 196 valence electrons. The predicted molar refractivity (Wildman–Crippen MR) is 127 cm³/mol. The summed E-state index contributed by atoms with van der Waals surface area (Å²) >= 11 is 1.17. The summed E-state index contributed by atoms with van der Waals surface area (Å²) < 4.78 is 70.0. The third kappa shape index (κ3) is 6.12. The highest BCUT2D eigenvalue weighted by molar-refractivity contribution is 7.11. The number of amides is 2. The molecule has 1 aromatic carbocycles. The van der Waals surface area contributed by atoms with E-state index in [2.05, 4.69) is 10.3 Å². The van der Waals surface area contributed by atoms with Gasteiger partial charge in [0, 0.05) is 35.6 Å². The number of nitrogens with one attached hydrogen (secondary N) is 1. The summed E-state index contributed by atoms with van der Waals surface area (Å²) in [5.74, 6) is -5.04. The van der Waals surface area contributed by atoms with Crippen molar-refractivity contribution in [3.63, 3.8) is 0 Å². The number of hydrogen-bond donors (Lipinski definition) is 2. The highest BCUT2D eigenvalue weighted by Gasteiger charge is 2.67. The fourth-order valence-electron chi connectivity index (χ4n) is 4.12. The molecule has 36 heavy (non-hydrogen) atoms. The summed E-state index contributed by atoms with van der Waals surface area (Å²) in [6, 6.07) is 2.56. The third-order valence-corrected chi connectivity index (χ3v) is 9.27. The Morgan fingerprint density at radius 2 is 1.92 bits per heavy atom. The molecule has 3 N–H and O–H groups in total. The maximum atomic E-state index is 14.4. The normalized spacial score (nSPS) is 16.6. The van der Waals surface area contributed by atoms with E-state index >= 15 is 0 Å². The van der Waals surface area contributed by atoms with Gasteiger partial charge in [0.05, 0.1) is 25.5 Å². The standard InChI is InChI=1S/C23H27F5N4O2SSi/c1-12-30-9-16(35-12)15(22(6-7-22)23(26,27)28)8-17(33)31-10-18(32(2)3)36-11-13-4-5-14(21(29)34)20(25)19(13)24/h4-5,9,15,18H,6-8,10-11H2,1-3H3,(H2,29,34)(H,31,33)/t15-,18+/m1/s1. The molecule has 1 aliphatic carbocycles. The lowest BCUT2D eigenvalue weighted by Gasteiger charge is -2.29. The summed E-state index contributed by atoms with van der Waals surface area (Å²) in [7, 11) is 3.53. The van der Waals surface area contributed by atoms with Crippen LogP contribution in [0.15, 0.2) is 18.3 Å². The number of carbonyl (C=O) groups excluding carboxylic acids is 2. The average Bonchev–Trinajstić information content (AvgIpc) is 3.49. The Balaban J connectivity index is 1.65. The smallest absolute Gasteiger partial charge is 0.366 e. The first-order valence-corrected chi connectivity index (χ1v) is 13.3. The number of primary amides is 1. The van der Waals surface area contributed by atoms with E-state index in [4.69, 9.17) is 5.73 Å². The van der Waals surface area contributed by atoms with Crippen molar-refractivity contribution in [2.45, 2.75) is 50.0 Å². The van der Waals surface area contributed by atoms with Gasteiger partial charge < -0.3 is 16.0 Å². The third-order valence-electron chi connectivity index (χ3n) is 6.46. The van der Waals surface area contributed by atoms with Gasteiger partial charge in [0.1, 0.15) is 0 Å². The van der Waals surface area contributed by atoms with E-state index in [-0.39, 0.29) is 52.6 Å². The predicted octanol–water partition coefficient (Wildman–Crippen LogP) is 3.55. The molecule has 2 atom stereocenters. The van der Waals surface area contributed by atoms with E-state index in [1.807, 2.05) is 0 Å². The van der Waals surface area contributed by atoms with E-state index in [1.54, 1.807) is 25.9 Å². The first-order valence-electron chi connectivity index (χ1n) is 11.2. The average molecular weight is 547 g/mol. The zero-order chi connectivity index (χ0) is 26.8. The lowest BCUT2D eigenvalue weighted by atomic mass is 9.84. The van der Waals surface area contributed by atoms with Crippen LogP contribution in [0.25, 0.3) is 0 Å². The second-order valence-corrected chi connectivity index (χ2v) is 11.8. The monoisotopic (exact) mass is 546 g/mol. The molecule has 0 unspecified atom stereocenters. The molecule has 2 aromatic rings. The number of carbonyl (C=O) groups is 2. The molecular formula is C23H27F5N4O2SSi. The van der Waals surface area contributed by atoms with E-state index < -0.39 is 46.5 Å². The Bertz CT molecular complexity index is 1120. The highest BCUT2D eigenvalue weighted by Crippen LogP contribution is 2.66. The molecule has 0 bridgehead atoms. The van der Waals surface area contributed by atoms with Gasteiger partial charge in [0.2, 0.25) is 5.91 Å². The van der Waals surface area contributed by atoms with Crippen LogP contribution < -0.4 is 11.1 Å². The molecule has 0 aliphatic heterocycles. The molecule has 0 saturated heterocycles. The van der Waals surface area contributed by atoms with Gasteiger partial charge in [-0.15, -0.1) is 11.3 Å². The zero-order valence-corrected chi connectivity index (χ0v) is 21.8. The number of thiazole rings is 1. The fourth-order valence-corrected chi connectivity index (χ4v) is 6.46. The summed E-state index contributed by atoms with van der Waals surface area (Å²) in [6.45, 7) is 1.83. The van der Waals surface area contributed by atoms with Crippen LogP contribution in [0.1, 0.15) is 51.0 Å². The van der Waals surface area contributed by atoms with Crippen molar-refractivity contribution >= 4 is 32.7 Å². The van der Waals surface area contributed by atoms with Gasteiger partial charge in [0.15, 0.2) is 11.6 Å². The Kier molecular flexibility index (Phi) is 8.56. The van der Waals surface area contributed by atoms with Crippen LogP contribution in [-0.2, 0) is 10.8 Å². The van der Waals surface area contributed by atoms with Gasteiger partial charge in [-0.3, -0.25) is 9.59 Å². The van der Waals surface area contributed by atoms with Crippen molar-refractivity contribution in [1.82, 2.24) is 15.2 Å². The van der Waals surface area contributed by atoms with Crippen molar-refractivity contribution in [1.29, 1.82) is 0 Å². The number of benzene rings is 1. The van der Waals surface area contributed by atoms with Crippen LogP contribution in [-0.4, -0.2) is 63.7 Å². The van der Waals surface area contributed by atoms with Crippen LogP contribution in [0.4, 0.5) is 22.0 Å². The number of aryl methyl sites for hydroxylation is 1. The largest absolute Gasteiger partial charge is 0.395 e. The van der Waals surface area contributed by atoms with Gasteiger partial charge in [-0.05, 0) is 51.5 Å². The van der Waals surface area contributed by atoms with E-state index in [0.29, 0.717) is 9.88 Å². The van der Waals surface area contributed by atoms with E-state index in [0.717, 1.165) is 6.07 Å². The summed E-state index contributed by atoms with van der Waals surface area (Å²) in [4.78, 5) is 30.3. The minimum absolute atomic E-state index is 0.0240. The number of aromatic nitrogens is 1. The van der Waals surface area contributed by atoms with Crippen LogP contribution in [0.2, 0.25) is 0 Å². The lowest BCUT2D eigenvalue weighted by Crippen LogP contribution is -2.45. The maximum Gasteiger partial charge on any atom is 0.395 e. The molecule has 2 amide bonds. The Morgan fingerprint density at radius 1 is 1.25 bits per heavy atom. The highest BCUT2D eigenvalue weighted by atomic mass is 32.1. The molecule has 1 heterocycles. The number of likely N-dealkylation sites (N-methyl/N-ethyl adjacent to an activating group) is 1. The van der Waals surface area contributed by atoms with Gasteiger partial charge in [0.25, 0.3) is 5.91 Å². The second kappa shape index (κ2) is 10.9. The van der Waals surface area contributed by atoms with Gasteiger partial charge in [-0.1, -0.05) is 6.07 Å². The summed E-state index contributed by atoms with van der Waals surface area (Å²) in [5.41, 5.74) is 2.38. The Labute approximate surface area is 212 Å². The van der Waals surface area contributed by atoms with Crippen molar-refractivity contribution in [2.75, 3.05) is 20.6 Å². The molecule has 6 nitrogen and oxygen atoms in total. The molecule has 1 aliphatic rings. The van der Waals surface area contributed by atoms with Crippen LogP contribution >= 0.6 is 11.3 Å². The molecule has 3 rings (SSSR count). The van der Waals surface area contributed by atoms with Crippen molar-refractivity contribution in [3.05, 3.63) is 51.0 Å². The number of nitrogens with two attached hydrogens (primary N) is 1. The van der Waals surface area contributed by atoms with Gasteiger partial charge in [-0.2, -0.15) is 13.2 Å².